The summed E-state index contributed by atoms with van der Waals surface area (Å²) in [6.45, 7) is 1.90. The number of hydrogen-bond acceptors (Lipinski definition) is 5. The van der Waals surface area contributed by atoms with Gasteiger partial charge >= 0.3 is 0 Å². The number of piperidine rings is 1. The van der Waals surface area contributed by atoms with E-state index in [1.165, 1.54) is 0 Å². The Balaban J connectivity index is 0.00000182. The molecule has 1 atom stereocenters. The first kappa shape index (κ1) is 22.9. The number of aromatic nitrogens is 3. The molecular formula is C17H24Cl2N6O2. The highest BCUT2D eigenvalue weighted by molar-refractivity contribution is 5.93. The lowest BCUT2D eigenvalue weighted by molar-refractivity contribution is -0.126. The average Bonchev–Trinajstić information content (AvgIpc) is 3.20. The molecule has 2 amide bonds. The van der Waals surface area contributed by atoms with Gasteiger partial charge in [-0.2, -0.15) is 5.10 Å². The minimum Gasteiger partial charge on any atom is -0.355 e. The molecule has 0 aliphatic carbocycles. The molecule has 1 aliphatic heterocycles. The number of amides is 2. The first-order chi connectivity index (χ1) is 12.2. The lowest BCUT2D eigenvalue weighted by Gasteiger charge is -2.31. The summed E-state index contributed by atoms with van der Waals surface area (Å²) >= 11 is 0. The van der Waals surface area contributed by atoms with Gasteiger partial charge in [-0.15, -0.1) is 24.8 Å². The Labute approximate surface area is 170 Å². The Hall–Kier alpha value is -2.16. The number of likely N-dealkylation sites (tertiary alicyclic amines) is 1. The molecule has 1 unspecified atom stereocenters. The molecule has 8 nitrogen and oxygen atoms in total. The maximum atomic E-state index is 12.8. The maximum absolute atomic E-state index is 12.8. The number of rotatable bonds is 5. The second-order valence-electron chi connectivity index (χ2n) is 6.02. The number of carbonyl (C=O) groups excluding carboxylic acids is 2. The molecular weight excluding hydrogens is 391 g/mol. The third kappa shape index (κ3) is 5.66. The molecule has 0 radical (unpaired) electrons. The smallest absolute Gasteiger partial charge is 0.272 e. The number of hydrogen-bond donors (Lipinski definition) is 2. The fraction of sp³-hybridized carbons (Fsp3) is 0.412. The average molecular weight is 415 g/mol. The van der Waals surface area contributed by atoms with Gasteiger partial charge in [0.25, 0.3) is 5.91 Å². The molecule has 3 rings (SSSR count). The summed E-state index contributed by atoms with van der Waals surface area (Å²) in [5.41, 5.74) is 6.55. The zero-order chi connectivity index (χ0) is 17.6. The van der Waals surface area contributed by atoms with Crippen molar-refractivity contribution in [1.29, 1.82) is 0 Å². The second kappa shape index (κ2) is 10.9. The summed E-state index contributed by atoms with van der Waals surface area (Å²) in [5, 5.41) is 6.96. The van der Waals surface area contributed by atoms with Gasteiger partial charge in [0.1, 0.15) is 5.69 Å². The topological polar surface area (TPSA) is 106 Å². The van der Waals surface area contributed by atoms with Crippen LogP contribution in [0, 0.1) is 5.92 Å². The summed E-state index contributed by atoms with van der Waals surface area (Å²) in [6, 6.07) is 5.33. The highest BCUT2D eigenvalue weighted by Gasteiger charge is 2.29. The van der Waals surface area contributed by atoms with Crippen LogP contribution in [0.1, 0.15) is 23.3 Å². The summed E-state index contributed by atoms with van der Waals surface area (Å²) in [6.07, 6.45) is 6.66. The van der Waals surface area contributed by atoms with Crippen molar-refractivity contribution in [3.63, 3.8) is 0 Å². The van der Waals surface area contributed by atoms with Crippen molar-refractivity contribution in [2.45, 2.75) is 12.8 Å². The molecule has 1 aliphatic rings. The van der Waals surface area contributed by atoms with Gasteiger partial charge in [0.15, 0.2) is 0 Å². The molecule has 2 aromatic rings. The zero-order valence-electron chi connectivity index (χ0n) is 14.8. The number of nitrogens with one attached hydrogen (secondary N) is 1. The Morgan fingerprint density at radius 3 is 2.81 bits per heavy atom. The molecule has 10 heteroatoms. The zero-order valence-corrected chi connectivity index (χ0v) is 16.4. The van der Waals surface area contributed by atoms with Crippen LogP contribution in [0.4, 0.5) is 0 Å². The van der Waals surface area contributed by atoms with Crippen molar-refractivity contribution in [3.8, 4) is 5.69 Å². The third-order valence-electron chi connectivity index (χ3n) is 4.25. The normalized spacial score (nSPS) is 16.0. The Morgan fingerprint density at radius 1 is 1.30 bits per heavy atom. The van der Waals surface area contributed by atoms with E-state index in [2.05, 4.69) is 15.4 Å². The summed E-state index contributed by atoms with van der Waals surface area (Å²) in [4.78, 5) is 30.8. The van der Waals surface area contributed by atoms with Gasteiger partial charge in [-0.3, -0.25) is 14.6 Å². The molecule has 0 spiro atoms. The van der Waals surface area contributed by atoms with E-state index in [9.17, 15) is 9.59 Å². The van der Waals surface area contributed by atoms with E-state index >= 15 is 0 Å². The molecule has 1 saturated heterocycles. The second-order valence-corrected chi connectivity index (χ2v) is 6.02. The van der Waals surface area contributed by atoms with Gasteiger partial charge in [-0.05, 0) is 31.0 Å². The predicted octanol–water partition coefficient (Wildman–Crippen LogP) is 1.04. The van der Waals surface area contributed by atoms with E-state index in [1.54, 1.807) is 34.1 Å². The van der Waals surface area contributed by atoms with Gasteiger partial charge in [-0.25, -0.2) is 4.68 Å². The number of carbonyl (C=O) groups is 2. The quantitative estimate of drug-likeness (QED) is 0.759. The Morgan fingerprint density at radius 2 is 2.11 bits per heavy atom. The highest BCUT2D eigenvalue weighted by Crippen LogP contribution is 2.19. The fourth-order valence-electron chi connectivity index (χ4n) is 2.98. The van der Waals surface area contributed by atoms with Crippen molar-refractivity contribution in [3.05, 3.63) is 42.5 Å². The number of nitrogens with two attached hydrogens (primary N) is 1. The summed E-state index contributed by atoms with van der Waals surface area (Å²) < 4.78 is 1.68. The van der Waals surface area contributed by atoms with Crippen LogP contribution in [-0.2, 0) is 4.79 Å². The highest BCUT2D eigenvalue weighted by atomic mass is 35.5. The van der Waals surface area contributed by atoms with Crippen molar-refractivity contribution in [2.24, 2.45) is 11.7 Å². The molecule has 3 heterocycles. The van der Waals surface area contributed by atoms with E-state index in [0.29, 0.717) is 31.9 Å². The monoisotopic (exact) mass is 414 g/mol. The lowest BCUT2D eigenvalue weighted by Crippen LogP contribution is -2.46. The molecule has 0 aromatic carbocycles. The predicted molar refractivity (Wildman–Crippen MR) is 107 cm³/mol. The molecule has 27 heavy (non-hydrogen) atoms. The molecule has 3 N–H and O–H groups in total. The van der Waals surface area contributed by atoms with Gasteiger partial charge in [0.05, 0.1) is 11.6 Å². The largest absolute Gasteiger partial charge is 0.355 e. The lowest BCUT2D eigenvalue weighted by atomic mass is 9.97. The van der Waals surface area contributed by atoms with Crippen molar-refractivity contribution < 1.29 is 9.59 Å². The molecule has 0 saturated carbocycles. The van der Waals surface area contributed by atoms with E-state index in [4.69, 9.17) is 5.73 Å². The van der Waals surface area contributed by atoms with E-state index < -0.39 is 0 Å². The number of halogens is 2. The first-order valence-electron chi connectivity index (χ1n) is 8.42. The van der Waals surface area contributed by atoms with Crippen LogP contribution < -0.4 is 11.1 Å². The van der Waals surface area contributed by atoms with E-state index in [1.807, 2.05) is 12.3 Å². The van der Waals surface area contributed by atoms with Gasteiger partial charge < -0.3 is 16.0 Å². The van der Waals surface area contributed by atoms with Crippen molar-refractivity contribution in [2.75, 3.05) is 26.2 Å². The molecule has 148 valence electrons. The molecule has 2 aromatic heterocycles. The van der Waals surface area contributed by atoms with Crippen LogP contribution in [-0.4, -0.2) is 57.7 Å². The van der Waals surface area contributed by atoms with Crippen molar-refractivity contribution in [1.82, 2.24) is 25.0 Å². The molecule has 1 fully saturated rings. The Bertz CT molecular complexity index is 741. The van der Waals surface area contributed by atoms with Crippen LogP contribution in [0.2, 0.25) is 0 Å². The minimum atomic E-state index is -0.196. The summed E-state index contributed by atoms with van der Waals surface area (Å²) in [5.74, 6) is -0.398. The van der Waals surface area contributed by atoms with Crippen LogP contribution in [0.5, 0.6) is 0 Å². The van der Waals surface area contributed by atoms with Crippen LogP contribution in [0.25, 0.3) is 5.69 Å². The van der Waals surface area contributed by atoms with Gasteiger partial charge in [0, 0.05) is 44.8 Å². The number of nitrogens with zero attached hydrogens (tertiary/aromatic N) is 4. The van der Waals surface area contributed by atoms with Gasteiger partial charge in [-0.1, -0.05) is 0 Å². The fourth-order valence-corrected chi connectivity index (χ4v) is 2.98. The van der Waals surface area contributed by atoms with Crippen LogP contribution in [0.3, 0.4) is 0 Å². The first-order valence-corrected chi connectivity index (χ1v) is 8.42. The van der Waals surface area contributed by atoms with Gasteiger partial charge in [0.2, 0.25) is 5.91 Å². The molecule has 0 bridgehead atoms. The van der Waals surface area contributed by atoms with Crippen LogP contribution in [0.15, 0.2) is 36.8 Å². The third-order valence-corrected chi connectivity index (χ3v) is 4.25. The maximum Gasteiger partial charge on any atom is 0.272 e. The summed E-state index contributed by atoms with van der Waals surface area (Å²) in [7, 11) is 0. The Kier molecular flexibility index (Phi) is 9.20. The standard InChI is InChI=1S/C17H22N6O2.2ClH/c18-5-8-20-16(24)13-3-1-9-22(12-13)17(25)15-11-14(4-7-19-15)23-10-2-6-21-23;;/h2,4,6-7,10-11,13H,1,3,5,8-9,12,18H2,(H,20,24);2*1H. The SMILES string of the molecule is Cl.Cl.NCCNC(=O)C1CCCN(C(=O)c2cc(-n3cccn3)ccn2)C1. The minimum absolute atomic E-state index is 0. The number of pyridine rings is 1. The van der Waals surface area contributed by atoms with Crippen molar-refractivity contribution >= 4 is 36.6 Å². The van der Waals surface area contributed by atoms with E-state index in [0.717, 1.165) is 18.5 Å². The van der Waals surface area contributed by atoms with E-state index in [-0.39, 0.29) is 42.5 Å². The van der Waals surface area contributed by atoms with Crippen LogP contribution >= 0.6 is 24.8 Å².